The molecular formula is C12H22N2O. The molecule has 0 bridgehead atoms. The van der Waals surface area contributed by atoms with Crippen molar-refractivity contribution in [1.29, 1.82) is 0 Å². The highest BCUT2D eigenvalue weighted by Crippen LogP contribution is 2.48. The lowest BCUT2D eigenvalue weighted by molar-refractivity contribution is -0.128. The summed E-state index contributed by atoms with van der Waals surface area (Å²) in [5.41, 5.74) is -0.00511. The van der Waals surface area contributed by atoms with Crippen LogP contribution in [0, 0.1) is 11.3 Å². The van der Waals surface area contributed by atoms with Gasteiger partial charge in [0.1, 0.15) is 0 Å². The average molecular weight is 210 g/mol. The summed E-state index contributed by atoms with van der Waals surface area (Å²) in [6, 6.07) is 0. The summed E-state index contributed by atoms with van der Waals surface area (Å²) in [5.74, 6) is 0.974. The molecule has 2 fully saturated rings. The first-order valence-corrected chi connectivity index (χ1v) is 5.97. The van der Waals surface area contributed by atoms with Crippen molar-refractivity contribution in [2.24, 2.45) is 11.3 Å². The minimum absolute atomic E-state index is 0.162. The molecule has 1 heterocycles. The maximum atomic E-state index is 11.7. The van der Waals surface area contributed by atoms with Gasteiger partial charge in [-0.15, -0.1) is 0 Å². The second-order valence-corrected chi connectivity index (χ2v) is 6.06. The third-order valence-corrected chi connectivity index (χ3v) is 3.68. The molecule has 0 spiro atoms. The topological polar surface area (TPSA) is 41.1 Å². The van der Waals surface area contributed by atoms with Gasteiger partial charge in [-0.1, -0.05) is 20.8 Å². The highest BCUT2D eigenvalue weighted by Gasteiger charge is 2.54. The smallest absolute Gasteiger partial charge is 0.225 e. The third kappa shape index (κ3) is 2.17. The van der Waals surface area contributed by atoms with Crippen molar-refractivity contribution in [3.8, 4) is 0 Å². The van der Waals surface area contributed by atoms with Crippen LogP contribution in [0.5, 0.6) is 0 Å². The maximum Gasteiger partial charge on any atom is 0.225 e. The fourth-order valence-electron chi connectivity index (χ4n) is 2.44. The fourth-order valence-corrected chi connectivity index (χ4v) is 2.44. The molecule has 1 amide bonds. The summed E-state index contributed by atoms with van der Waals surface area (Å²) in [5, 5.41) is 6.63. The molecule has 2 N–H and O–H groups in total. The zero-order valence-corrected chi connectivity index (χ0v) is 10.0. The van der Waals surface area contributed by atoms with Crippen molar-refractivity contribution in [1.82, 2.24) is 10.6 Å². The van der Waals surface area contributed by atoms with Crippen molar-refractivity contribution in [2.75, 3.05) is 13.1 Å². The van der Waals surface area contributed by atoms with Gasteiger partial charge < -0.3 is 10.6 Å². The number of amides is 1. The van der Waals surface area contributed by atoms with E-state index in [2.05, 4.69) is 10.6 Å². The summed E-state index contributed by atoms with van der Waals surface area (Å²) < 4.78 is 0. The van der Waals surface area contributed by atoms with E-state index in [1.54, 1.807) is 0 Å². The lowest BCUT2D eigenvalue weighted by Crippen LogP contribution is -2.48. The van der Waals surface area contributed by atoms with Gasteiger partial charge >= 0.3 is 0 Å². The van der Waals surface area contributed by atoms with E-state index < -0.39 is 0 Å². The molecule has 3 nitrogen and oxygen atoms in total. The van der Waals surface area contributed by atoms with Gasteiger partial charge in [-0.05, 0) is 31.7 Å². The van der Waals surface area contributed by atoms with Crippen LogP contribution >= 0.6 is 0 Å². The van der Waals surface area contributed by atoms with E-state index in [4.69, 9.17) is 0 Å². The van der Waals surface area contributed by atoms with E-state index in [9.17, 15) is 4.79 Å². The van der Waals surface area contributed by atoms with Gasteiger partial charge in [-0.2, -0.15) is 0 Å². The monoisotopic (exact) mass is 210 g/mol. The minimum Gasteiger partial charge on any atom is -0.354 e. The van der Waals surface area contributed by atoms with Crippen LogP contribution in [0.3, 0.4) is 0 Å². The number of piperidine rings is 1. The van der Waals surface area contributed by atoms with Crippen LogP contribution in [0.25, 0.3) is 0 Å². The van der Waals surface area contributed by atoms with Crippen molar-refractivity contribution >= 4 is 5.91 Å². The van der Waals surface area contributed by atoms with Gasteiger partial charge in [0.05, 0.1) is 0 Å². The quantitative estimate of drug-likeness (QED) is 0.721. The second-order valence-electron chi connectivity index (χ2n) is 6.06. The van der Waals surface area contributed by atoms with E-state index in [-0.39, 0.29) is 16.9 Å². The number of nitrogens with one attached hydrogen (secondary N) is 2. The SMILES string of the molecule is CC(C)(C)C(=O)NCC12CC1CCCN2. The predicted octanol–water partition coefficient (Wildman–Crippen LogP) is 1.29. The molecular weight excluding hydrogens is 188 g/mol. The molecule has 2 aliphatic rings. The Kier molecular flexibility index (Phi) is 2.53. The molecule has 15 heavy (non-hydrogen) atoms. The molecule has 86 valence electrons. The van der Waals surface area contributed by atoms with Crippen molar-refractivity contribution in [3.05, 3.63) is 0 Å². The Labute approximate surface area is 92.0 Å². The van der Waals surface area contributed by atoms with E-state index in [1.807, 2.05) is 20.8 Å². The number of hydrogen-bond acceptors (Lipinski definition) is 2. The number of hydrogen-bond donors (Lipinski definition) is 2. The van der Waals surface area contributed by atoms with Crippen molar-refractivity contribution in [3.63, 3.8) is 0 Å². The van der Waals surface area contributed by atoms with Crippen molar-refractivity contribution in [2.45, 2.75) is 45.6 Å². The average Bonchev–Trinajstić information content (AvgIpc) is 2.87. The molecule has 3 heteroatoms. The molecule has 2 unspecified atom stereocenters. The normalized spacial score (nSPS) is 34.5. The molecule has 1 saturated heterocycles. The summed E-state index contributed by atoms with van der Waals surface area (Å²) in [4.78, 5) is 11.7. The van der Waals surface area contributed by atoms with Crippen LogP contribution in [0.15, 0.2) is 0 Å². The zero-order chi connectivity index (χ0) is 11.1. The van der Waals surface area contributed by atoms with Crippen LogP contribution in [0.2, 0.25) is 0 Å². The molecule has 0 aromatic carbocycles. The number of rotatable bonds is 2. The Morgan fingerprint density at radius 2 is 2.27 bits per heavy atom. The highest BCUT2D eigenvalue weighted by molar-refractivity contribution is 5.81. The summed E-state index contributed by atoms with van der Waals surface area (Å²) in [6.45, 7) is 7.80. The minimum atomic E-state index is -0.268. The first-order chi connectivity index (χ1) is 6.94. The highest BCUT2D eigenvalue weighted by atomic mass is 16.2. The lowest BCUT2D eigenvalue weighted by Gasteiger charge is -2.26. The molecule has 2 rings (SSSR count). The van der Waals surface area contributed by atoms with E-state index in [1.165, 1.54) is 19.3 Å². The van der Waals surface area contributed by atoms with Gasteiger partial charge in [0.15, 0.2) is 0 Å². The van der Waals surface area contributed by atoms with Gasteiger partial charge in [0, 0.05) is 17.5 Å². The van der Waals surface area contributed by atoms with E-state index >= 15 is 0 Å². The van der Waals surface area contributed by atoms with Crippen LogP contribution < -0.4 is 10.6 Å². The molecule has 2 atom stereocenters. The molecule has 0 aromatic heterocycles. The van der Waals surface area contributed by atoms with Crippen LogP contribution in [0.4, 0.5) is 0 Å². The van der Waals surface area contributed by atoms with E-state index in [0.29, 0.717) is 0 Å². The molecule has 1 aliphatic carbocycles. The van der Waals surface area contributed by atoms with Crippen LogP contribution in [0.1, 0.15) is 40.0 Å². The first-order valence-electron chi connectivity index (χ1n) is 5.97. The standard InChI is InChI=1S/C12H22N2O/c1-11(2,3)10(15)13-8-12-7-9(12)5-4-6-14-12/h9,14H,4-8H2,1-3H3,(H,13,15). The molecule has 0 aromatic rings. The van der Waals surface area contributed by atoms with Crippen molar-refractivity contribution < 1.29 is 4.79 Å². The number of carbonyl (C=O) groups is 1. The lowest BCUT2D eigenvalue weighted by atomic mass is 9.95. The Balaban J connectivity index is 1.82. The first kappa shape index (κ1) is 10.9. The van der Waals surface area contributed by atoms with Crippen LogP contribution in [-0.4, -0.2) is 24.5 Å². The number of carbonyl (C=O) groups excluding carboxylic acids is 1. The maximum absolute atomic E-state index is 11.7. The zero-order valence-electron chi connectivity index (χ0n) is 10.0. The molecule has 1 saturated carbocycles. The number of fused-ring (bicyclic) bond motifs is 1. The predicted molar refractivity (Wildman–Crippen MR) is 60.5 cm³/mol. The fraction of sp³-hybridized carbons (Fsp3) is 0.917. The Morgan fingerprint density at radius 3 is 2.87 bits per heavy atom. The Hall–Kier alpha value is -0.570. The summed E-state index contributed by atoms with van der Waals surface area (Å²) >= 11 is 0. The Bertz CT molecular complexity index is 269. The van der Waals surface area contributed by atoms with Gasteiger partial charge in [-0.3, -0.25) is 4.79 Å². The Morgan fingerprint density at radius 1 is 1.53 bits per heavy atom. The largest absolute Gasteiger partial charge is 0.354 e. The third-order valence-electron chi connectivity index (χ3n) is 3.68. The van der Waals surface area contributed by atoms with Crippen LogP contribution in [-0.2, 0) is 4.79 Å². The summed E-state index contributed by atoms with van der Waals surface area (Å²) in [6.07, 6.45) is 3.87. The van der Waals surface area contributed by atoms with Gasteiger partial charge in [-0.25, -0.2) is 0 Å². The van der Waals surface area contributed by atoms with E-state index in [0.717, 1.165) is 19.0 Å². The second kappa shape index (κ2) is 3.48. The molecule has 0 radical (unpaired) electrons. The summed E-state index contributed by atoms with van der Waals surface area (Å²) in [7, 11) is 0. The van der Waals surface area contributed by atoms with Gasteiger partial charge in [0.2, 0.25) is 5.91 Å². The molecule has 1 aliphatic heterocycles. The van der Waals surface area contributed by atoms with Gasteiger partial charge in [0.25, 0.3) is 0 Å².